The second kappa shape index (κ2) is 1.58. The molecule has 0 unspecified atom stereocenters. The van der Waals surface area contributed by atoms with Gasteiger partial charge in [-0.2, -0.15) is 8.42 Å². The highest BCUT2D eigenvalue weighted by atomic mass is 32.2. The summed E-state index contributed by atoms with van der Waals surface area (Å²) >= 11 is 0. The van der Waals surface area contributed by atoms with Crippen LogP contribution in [-0.4, -0.2) is 26.5 Å². The monoisotopic (exact) mass is 151 g/mol. The molecular weight excluding hydrogens is 146 g/mol. The smallest absolute Gasteiger partial charge is 0.247 e. The third-order valence-corrected chi connectivity index (χ3v) is 1.74. The van der Waals surface area contributed by atoms with Gasteiger partial charge in [0.05, 0.1) is 0 Å². The van der Waals surface area contributed by atoms with Gasteiger partial charge in [0.1, 0.15) is 0 Å². The van der Waals surface area contributed by atoms with Crippen LogP contribution >= 0.6 is 0 Å². The van der Waals surface area contributed by atoms with Gasteiger partial charge in [0, 0.05) is 7.05 Å². The molecule has 0 saturated carbocycles. The lowest BCUT2D eigenvalue weighted by molar-refractivity contribution is 0.216. The topological polar surface area (TPSA) is 78.5 Å². The Morgan fingerprint density at radius 1 is 1.56 bits per heavy atom. The van der Waals surface area contributed by atoms with Crippen molar-refractivity contribution >= 4 is 16.2 Å². The second-order valence-corrected chi connectivity index (χ2v) is 2.95. The van der Waals surface area contributed by atoms with Crippen molar-refractivity contribution in [3.63, 3.8) is 0 Å². The molecule has 9 heavy (non-hydrogen) atoms. The van der Waals surface area contributed by atoms with E-state index >= 15 is 0 Å². The summed E-state index contributed by atoms with van der Waals surface area (Å²) < 4.78 is 22.4. The molecule has 1 saturated heterocycles. The average molecular weight is 151 g/mol. The summed E-state index contributed by atoms with van der Waals surface area (Å²) in [5.41, 5.74) is 0. The van der Waals surface area contributed by atoms with E-state index in [1.807, 2.05) is 4.83 Å². The summed E-state index contributed by atoms with van der Waals surface area (Å²) in [6, 6.07) is -0.671. The molecule has 1 rings (SSSR count). The van der Waals surface area contributed by atoms with Crippen LogP contribution in [0.2, 0.25) is 0 Å². The zero-order valence-electron chi connectivity index (χ0n) is 4.58. The molecule has 0 bridgehead atoms. The molecule has 7 heteroatoms. The van der Waals surface area contributed by atoms with Crippen LogP contribution in [0.1, 0.15) is 0 Å². The lowest BCUT2D eigenvalue weighted by Crippen LogP contribution is -2.30. The summed E-state index contributed by atoms with van der Waals surface area (Å²) in [7, 11) is -2.26. The van der Waals surface area contributed by atoms with E-state index in [1.54, 1.807) is 4.72 Å². The minimum absolute atomic E-state index is 0.671. The number of hydrogen-bond acceptors (Lipinski definition) is 3. The maximum Gasteiger partial charge on any atom is 0.347 e. The summed E-state index contributed by atoms with van der Waals surface area (Å²) in [5.74, 6) is 0. The first-order valence-electron chi connectivity index (χ1n) is 2.09. The van der Waals surface area contributed by atoms with E-state index in [1.165, 1.54) is 7.05 Å². The van der Waals surface area contributed by atoms with Gasteiger partial charge in [-0.05, 0) is 0 Å². The molecule has 2 amide bonds. The number of hydrogen-bond donors (Lipinski definition) is 2. The number of carbonyl (C=O) groups excluding carboxylic acids is 1. The SMILES string of the molecule is CN1NS(=O)(=O)NC1=O. The van der Waals surface area contributed by atoms with Crippen LogP contribution in [0, 0.1) is 0 Å². The van der Waals surface area contributed by atoms with Crippen molar-refractivity contribution in [2.45, 2.75) is 0 Å². The molecule has 1 fully saturated rings. The molecule has 2 N–H and O–H groups in total. The van der Waals surface area contributed by atoms with Crippen LogP contribution in [0.15, 0.2) is 0 Å². The molecule has 0 aromatic carbocycles. The van der Waals surface area contributed by atoms with Crippen molar-refractivity contribution in [1.82, 2.24) is 14.6 Å². The summed E-state index contributed by atoms with van der Waals surface area (Å²) in [6.45, 7) is 0. The number of hydrazine groups is 1. The summed E-state index contributed by atoms with van der Waals surface area (Å²) in [4.78, 5) is 12.3. The number of nitrogens with zero attached hydrogens (tertiary/aromatic N) is 1. The Morgan fingerprint density at radius 2 is 2.11 bits per heavy atom. The Hall–Kier alpha value is -0.820. The number of carbonyl (C=O) groups is 1. The van der Waals surface area contributed by atoms with E-state index in [9.17, 15) is 13.2 Å². The van der Waals surface area contributed by atoms with Crippen molar-refractivity contribution < 1.29 is 13.2 Å². The lowest BCUT2D eigenvalue weighted by Gasteiger charge is -1.99. The third kappa shape index (κ3) is 1.11. The summed E-state index contributed by atoms with van der Waals surface area (Å²) in [6.07, 6.45) is 0. The molecule has 0 aromatic rings. The van der Waals surface area contributed by atoms with Gasteiger partial charge in [-0.1, -0.05) is 0 Å². The molecule has 1 aliphatic heterocycles. The van der Waals surface area contributed by atoms with Crippen LogP contribution < -0.4 is 9.55 Å². The number of rotatable bonds is 0. The van der Waals surface area contributed by atoms with E-state index in [2.05, 4.69) is 0 Å². The maximum atomic E-state index is 10.4. The first-order chi connectivity index (χ1) is 4.01. The predicted molar refractivity (Wildman–Crippen MR) is 28.4 cm³/mol. The van der Waals surface area contributed by atoms with Crippen LogP contribution in [-0.2, 0) is 10.2 Å². The van der Waals surface area contributed by atoms with Gasteiger partial charge in [0.25, 0.3) is 0 Å². The van der Waals surface area contributed by atoms with Crippen LogP contribution in [0.3, 0.4) is 0 Å². The maximum absolute atomic E-state index is 10.4. The van der Waals surface area contributed by atoms with Crippen molar-refractivity contribution in [2.24, 2.45) is 0 Å². The minimum Gasteiger partial charge on any atom is -0.247 e. The Labute approximate surface area is 52.0 Å². The molecule has 0 radical (unpaired) electrons. The largest absolute Gasteiger partial charge is 0.347 e. The van der Waals surface area contributed by atoms with E-state index in [4.69, 9.17) is 0 Å². The van der Waals surface area contributed by atoms with Crippen LogP contribution in [0.25, 0.3) is 0 Å². The zero-order valence-corrected chi connectivity index (χ0v) is 5.40. The Kier molecular flexibility index (Phi) is 1.11. The molecule has 0 atom stereocenters. The first-order valence-corrected chi connectivity index (χ1v) is 3.57. The minimum atomic E-state index is -3.57. The van der Waals surface area contributed by atoms with Crippen molar-refractivity contribution in [3.05, 3.63) is 0 Å². The van der Waals surface area contributed by atoms with Gasteiger partial charge in [-0.15, -0.1) is 4.83 Å². The fraction of sp³-hybridized carbons (Fsp3) is 0.500. The van der Waals surface area contributed by atoms with E-state index in [-0.39, 0.29) is 0 Å². The highest BCUT2D eigenvalue weighted by Gasteiger charge is 2.27. The van der Waals surface area contributed by atoms with Gasteiger partial charge < -0.3 is 0 Å². The Bertz CT molecular complexity index is 231. The molecule has 6 nitrogen and oxygen atoms in total. The molecular formula is C2H5N3O3S. The normalized spacial score (nSPS) is 24.1. The van der Waals surface area contributed by atoms with Crippen LogP contribution in [0.5, 0.6) is 0 Å². The predicted octanol–water partition coefficient (Wildman–Crippen LogP) is -1.61. The summed E-state index contributed by atoms with van der Waals surface area (Å²) in [5, 5.41) is 0.843. The van der Waals surface area contributed by atoms with Crippen molar-refractivity contribution in [3.8, 4) is 0 Å². The number of urea groups is 1. The second-order valence-electron chi connectivity index (χ2n) is 1.56. The molecule has 0 aliphatic carbocycles. The van der Waals surface area contributed by atoms with Gasteiger partial charge in [0.15, 0.2) is 0 Å². The fourth-order valence-electron chi connectivity index (χ4n) is 0.428. The van der Waals surface area contributed by atoms with E-state index < -0.39 is 16.2 Å². The molecule has 0 spiro atoms. The van der Waals surface area contributed by atoms with Crippen molar-refractivity contribution in [2.75, 3.05) is 7.05 Å². The van der Waals surface area contributed by atoms with Crippen LogP contribution in [0.4, 0.5) is 4.79 Å². The van der Waals surface area contributed by atoms with E-state index in [0.29, 0.717) is 0 Å². The highest BCUT2D eigenvalue weighted by molar-refractivity contribution is 7.88. The Balaban J connectivity index is 2.90. The van der Waals surface area contributed by atoms with Crippen molar-refractivity contribution in [1.29, 1.82) is 0 Å². The molecule has 0 aromatic heterocycles. The number of amides is 2. The standard InChI is InChI=1S/C2H5N3O3S/c1-5-2(6)3-9(7,8)4-5/h4H,1H3,(H,3,6). The van der Waals surface area contributed by atoms with Gasteiger partial charge >= 0.3 is 16.2 Å². The quantitative estimate of drug-likeness (QED) is 0.437. The third-order valence-electron chi connectivity index (χ3n) is 0.783. The fourth-order valence-corrected chi connectivity index (χ4v) is 1.28. The molecule has 1 heterocycles. The zero-order chi connectivity index (χ0) is 7.07. The lowest BCUT2D eigenvalue weighted by atomic mass is 11.0. The Morgan fingerprint density at radius 3 is 2.22 bits per heavy atom. The average Bonchev–Trinajstić information content (AvgIpc) is 1.79. The highest BCUT2D eigenvalue weighted by Crippen LogP contribution is 1.91. The first kappa shape index (κ1) is 6.30. The van der Waals surface area contributed by atoms with E-state index in [0.717, 1.165) is 5.01 Å². The van der Waals surface area contributed by atoms with Gasteiger partial charge in [0.2, 0.25) is 0 Å². The molecule has 1 aliphatic rings. The number of nitrogens with one attached hydrogen (secondary N) is 2. The molecule has 52 valence electrons. The van der Waals surface area contributed by atoms with Gasteiger partial charge in [-0.3, -0.25) is 0 Å². The van der Waals surface area contributed by atoms with Gasteiger partial charge in [-0.25, -0.2) is 14.5 Å².